The van der Waals surface area contributed by atoms with Gasteiger partial charge in [0.05, 0.1) is 13.2 Å². The third-order valence-corrected chi connectivity index (χ3v) is 5.80. The maximum atomic E-state index is 12.1. The Bertz CT molecular complexity index is 356. The van der Waals surface area contributed by atoms with Gasteiger partial charge in [0.2, 0.25) is 0 Å². The Morgan fingerprint density at radius 3 is 1.82 bits per heavy atom. The van der Waals surface area contributed by atoms with E-state index in [9.17, 15) is 4.79 Å². The first kappa shape index (κ1) is 25.4. The molecule has 0 saturated carbocycles. The molecule has 0 radical (unpaired) electrons. The molecule has 1 atom stereocenters. The van der Waals surface area contributed by atoms with E-state index in [2.05, 4.69) is 18.7 Å². The van der Waals surface area contributed by atoms with Gasteiger partial charge in [-0.1, -0.05) is 90.9 Å². The largest absolute Gasteiger partial charge is 0.461 e. The van der Waals surface area contributed by atoms with Crippen molar-refractivity contribution >= 4 is 5.97 Å². The highest BCUT2D eigenvalue weighted by Crippen LogP contribution is 2.13. The molecule has 1 saturated heterocycles. The lowest BCUT2D eigenvalue weighted by atomic mass is 10.0. The van der Waals surface area contributed by atoms with Crippen LogP contribution in [0, 0.1) is 0 Å². The van der Waals surface area contributed by atoms with Crippen molar-refractivity contribution < 1.29 is 14.3 Å². The Labute approximate surface area is 174 Å². The summed E-state index contributed by atoms with van der Waals surface area (Å²) < 4.78 is 11.1. The molecule has 4 heteroatoms. The van der Waals surface area contributed by atoms with Crippen LogP contribution in [-0.4, -0.2) is 49.8 Å². The average Bonchev–Trinajstić information content (AvgIpc) is 2.71. The highest BCUT2D eigenvalue weighted by molar-refractivity contribution is 5.69. The van der Waals surface area contributed by atoms with Crippen LogP contribution in [0.15, 0.2) is 0 Å². The standard InChI is InChI=1S/C24H47NO3/c1-3-5-6-7-8-9-10-11-12-13-14-15-16-17-24(26)28-23(4-2)22-25-18-20-27-21-19-25/h23H,3-22H2,1-2H3. The van der Waals surface area contributed by atoms with Gasteiger partial charge in [-0.3, -0.25) is 9.69 Å². The number of morpholine rings is 1. The zero-order valence-corrected chi connectivity index (χ0v) is 18.9. The fourth-order valence-electron chi connectivity index (χ4n) is 3.85. The van der Waals surface area contributed by atoms with E-state index in [1.807, 2.05) is 0 Å². The molecule has 28 heavy (non-hydrogen) atoms. The first-order valence-corrected chi connectivity index (χ1v) is 12.3. The van der Waals surface area contributed by atoms with Crippen LogP contribution in [0.25, 0.3) is 0 Å². The molecule has 0 amide bonds. The second kappa shape index (κ2) is 18.4. The van der Waals surface area contributed by atoms with Gasteiger partial charge in [-0.2, -0.15) is 0 Å². The van der Waals surface area contributed by atoms with Gasteiger partial charge in [-0.25, -0.2) is 0 Å². The first-order valence-electron chi connectivity index (χ1n) is 12.3. The molecule has 1 unspecified atom stereocenters. The topological polar surface area (TPSA) is 38.8 Å². The minimum absolute atomic E-state index is 0.0109. The van der Waals surface area contributed by atoms with Crippen molar-refractivity contribution in [1.29, 1.82) is 0 Å². The van der Waals surface area contributed by atoms with Crippen molar-refractivity contribution in [3.05, 3.63) is 0 Å². The van der Waals surface area contributed by atoms with Gasteiger partial charge in [-0.05, 0) is 12.8 Å². The minimum Gasteiger partial charge on any atom is -0.461 e. The Morgan fingerprint density at radius 2 is 1.32 bits per heavy atom. The number of nitrogens with zero attached hydrogens (tertiary/aromatic N) is 1. The lowest BCUT2D eigenvalue weighted by Gasteiger charge is -2.29. The molecular formula is C24H47NO3. The summed E-state index contributed by atoms with van der Waals surface area (Å²) in [5, 5.41) is 0. The molecule has 1 aliphatic rings. The summed E-state index contributed by atoms with van der Waals surface area (Å²) in [6, 6.07) is 0. The third kappa shape index (κ3) is 14.4. The number of unbranched alkanes of at least 4 members (excludes halogenated alkanes) is 12. The number of rotatable bonds is 18. The molecule has 166 valence electrons. The van der Waals surface area contributed by atoms with Crippen LogP contribution in [0.3, 0.4) is 0 Å². The fraction of sp³-hybridized carbons (Fsp3) is 0.958. The van der Waals surface area contributed by atoms with Crippen LogP contribution in [0.5, 0.6) is 0 Å². The predicted molar refractivity (Wildman–Crippen MR) is 118 cm³/mol. The molecule has 0 aromatic carbocycles. The third-order valence-electron chi connectivity index (χ3n) is 5.80. The second-order valence-electron chi connectivity index (χ2n) is 8.43. The molecule has 0 N–H and O–H groups in total. The molecule has 0 aliphatic carbocycles. The van der Waals surface area contributed by atoms with Crippen LogP contribution in [0.1, 0.15) is 110 Å². The van der Waals surface area contributed by atoms with Crippen molar-refractivity contribution in [2.24, 2.45) is 0 Å². The van der Waals surface area contributed by atoms with E-state index in [0.29, 0.717) is 6.42 Å². The Morgan fingerprint density at radius 1 is 0.821 bits per heavy atom. The van der Waals surface area contributed by atoms with Crippen molar-refractivity contribution in [2.45, 2.75) is 116 Å². The molecule has 0 aromatic rings. The Hall–Kier alpha value is -0.610. The number of carbonyl (C=O) groups excluding carboxylic acids is 1. The van der Waals surface area contributed by atoms with Crippen LogP contribution in [0.4, 0.5) is 0 Å². The quantitative estimate of drug-likeness (QED) is 0.206. The van der Waals surface area contributed by atoms with Crippen LogP contribution >= 0.6 is 0 Å². The summed E-state index contributed by atoms with van der Waals surface area (Å²) in [4.78, 5) is 14.4. The molecule has 4 nitrogen and oxygen atoms in total. The van der Waals surface area contributed by atoms with Crippen molar-refractivity contribution in [2.75, 3.05) is 32.8 Å². The fourth-order valence-corrected chi connectivity index (χ4v) is 3.85. The number of hydrogen-bond donors (Lipinski definition) is 0. The van der Waals surface area contributed by atoms with Gasteiger partial charge in [0.25, 0.3) is 0 Å². The lowest BCUT2D eigenvalue weighted by molar-refractivity contribution is -0.150. The van der Waals surface area contributed by atoms with Crippen molar-refractivity contribution in [1.82, 2.24) is 4.90 Å². The van der Waals surface area contributed by atoms with Crippen molar-refractivity contribution in [3.63, 3.8) is 0 Å². The second-order valence-corrected chi connectivity index (χ2v) is 8.43. The summed E-state index contributed by atoms with van der Waals surface area (Å²) >= 11 is 0. The summed E-state index contributed by atoms with van der Waals surface area (Å²) in [6.45, 7) is 8.72. The number of ether oxygens (including phenoxy) is 2. The smallest absolute Gasteiger partial charge is 0.306 e. The molecule has 0 spiro atoms. The van der Waals surface area contributed by atoms with Crippen LogP contribution in [-0.2, 0) is 14.3 Å². The van der Waals surface area contributed by atoms with E-state index in [4.69, 9.17) is 9.47 Å². The lowest BCUT2D eigenvalue weighted by Crippen LogP contribution is -2.42. The SMILES string of the molecule is CCCCCCCCCCCCCCCC(=O)OC(CC)CN1CCOCC1. The summed E-state index contributed by atoms with van der Waals surface area (Å²) in [5.41, 5.74) is 0. The van der Waals surface area contributed by atoms with E-state index in [0.717, 1.165) is 52.1 Å². The van der Waals surface area contributed by atoms with Gasteiger partial charge < -0.3 is 9.47 Å². The number of carbonyl (C=O) groups is 1. The maximum Gasteiger partial charge on any atom is 0.306 e. The van der Waals surface area contributed by atoms with Gasteiger partial charge in [0.15, 0.2) is 0 Å². The Balaban J connectivity index is 1.88. The summed E-state index contributed by atoms with van der Waals surface area (Å²) in [5.74, 6) is -0.0109. The number of hydrogen-bond acceptors (Lipinski definition) is 4. The predicted octanol–water partition coefficient (Wildman–Crippen LogP) is 6.12. The average molecular weight is 398 g/mol. The van der Waals surface area contributed by atoms with E-state index in [-0.39, 0.29) is 12.1 Å². The maximum absolute atomic E-state index is 12.1. The van der Waals surface area contributed by atoms with E-state index >= 15 is 0 Å². The molecule has 1 aliphatic heterocycles. The zero-order chi connectivity index (χ0) is 20.3. The van der Waals surface area contributed by atoms with Crippen LogP contribution in [0.2, 0.25) is 0 Å². The highest BCUT2D eigenvalue weighted by Gasteiger charge is 2.18. The Kier molecular flexibility index (Phi) is 16.7. The summed E-state index contributed by atoms with van der Waals surface area (Å²) in [6.07, 6.45) is 18.8. The van der Waals surface area contributed by atoms with E-state index < -0.39 is 0 Å². The number of esters is 1. The zero-order valence-electron chi connectivity index (χ0n) is 18.9. The molecule has 1 heterocycles. The molecule has 0 aromatic heterocycles. The molecule has 1 fully saturated rings. The molecule has 0 bridgehead atoms. The highest BCUT2D eigenvalue weighted by atomic mass is 16.5. The molecule has 1 rings (SSSR count). The van der Waals surface area contributed by atoms with Gasteiger partial charge in [0, 0.05) is 26.1 Å². The van der Waals surface area contributed by atoms with Crippen molar-refractivity contribution in [3.8, 4) is 0 Å². The van der Waals surface area contributed by atoms with E-state index in [1.165, 1.54) is 70.6 Å². The minimum atomic E-state index is -0.0109. The normalized spacial score (nSPS) is 16.2. The van der Waals surface area contributed by atoms with Gasteiger partial charge in [0.1, 0.15) is 6.10 Å². The van der Waals surface area contributed by atoms with Gasteiger partial charge >= 0.3 is 5.97 Å². The van der Waals surface area contributed by atoms with Gasteiger partial charge in [-0.15, -0.1) is 0 Å². The molecular weight excluding hydrogens is 350 g/mol. The van der Waals surface area contributed by atoms with E-state index in [1.54, 1.807) is 0 Å². The summed E-state index contributed by atoms with van der Waals surface area (Å²) in [7, 11) is 0. The monoisotopic (exact) mass is 397 g/mol. The van der Waals surface area contributed by atoms with Crippen LogP contribution < -0.4 is 0 Å². The first-order chi connectivity index (χ1) is 13.8.